The van der Waals surface area contributed by atoms with E-state index in [4.69, 9.17) is 17.3 Å². The fourth-order valence-electron chi connectivity index (χ4n) is 1.96. The number of para-hydroxylation sites is 2. The summed E-state index contributed by atoms with van der Waals surface area (Å²) in [5.74, 6) is -0.0997. The van der Waals surface area contributed by atoms with E-state index in [1.165, 1.54) is 0 Å². The van der Waals surface area contributed by atoms with Gasteiger partial charge in [-0.1, -0.05) is 23.7 Å². The van der Waals surface area contributed by atoms with Gasteiger partial charge in [-0.2, -0.15) is 0 Å². The van der Waals surface area contributed by atoms with Gasteiger partial charge in [0.25, 0.3) is 5.91 Å². The standard InChI is InChI=1S/C15H14ClIN2O/c1-2-19(14-6-4-3-5-13(14)18)15(20)11-9-10(16)7-8-12(11)17/h3-9H,2,18H2,1H3. The van der Waals surface area contributed by atoms with Crippen molar-refractivity contribution < 1.29 is 4.79 Å². The molecule has 0 aliphatic carbocycles. The van der Waals surface area contributed by atoms with Crippen molar-refractivity contribution in [3.8, 4) is 0 Å². The predicted octanol–water partition coefficient (Wildman–Crippen LogP) is 4.19. The average molecular weight is 401 g/mol. The smallest absolute Gasteiger partial charge is 0.259 e. The molecule has 0 fully saturated rings. The quantitative estimate of drug-likeness (QED) is 0.620. The predicted molar refractivity (Wildman–Crippen MR) is 92.4 cm³/mol. The van der Waals surface area contributed by atoms with Crippen molar-refractivity contribution in [3.63, 3.8) is 0 Å². The van der Waals surface area contributed by atoms with Crippen molar-refractivity contribution >= 4 is 51.5 Å². The normalized spacial score (nSPS) is 10.3. The third-order valence-electron chi connectivity index (χ3n) is 2.95. The van der Waals surface area contributed by atoms with Crippen LogP contribution in [0.1, 0.15) is 17.3 Å². The van der Waals surface area contributed by atoms with Gasteiger partial charge in [-0.3, -0.25) is 4.79 Å². The fourth-order valence-corrected chi connectivity index (χ4v) is 2.70. The van der Waals surface area contributed by atoms with E-state index in [0.29, 0.717) is 22.8 Å². The third-order valence-corrected chi connectivity index (χ3v) is 4.12. The molecule has 1 amide bonds. The SMILES string of the molecule is CCN(C(=O)c1cc(Cl)ccc1I)c1ccccc1N. The number of nitrogens with zero attached hydrogens (tertiary/aromatic N) is 1. The second kappa shape index (κ2) is 6.45. The summed E-state index contributed by atoms with van der Waals surface area (Å²) in [5, 5.41) is 0.547. The number of amides is 1. The zero-order valence-electron chi connectivity index (χ0n) is 10.9. The van der Waals surface area contributed by atoms with Gasteiger partial charge in [-0.05, 0) is 59.8 Å². The van der Waals surface area contributed by atoms with Gasteiger partial charge in [-0.25, -0.2) is 0 Å². The molecular formula is C15H14ClIN2O. The minimum Gasteiger partial charge on any atom is -0.397 e. The summed E-state index contributed by atoms with van der Waals surface area (Å²) in [6, 6.07) is 12.6. The second-order valence-corrected chi connectivity index (χ2v) is 5.83. The maximum absolute atomic E-state index is 12.7. The number of carbonyl (C=O) groups excluding carboxylic acids is 1. The lowest BCUT2D eigenvalue weighted by Crippen LogP contribution is -2.31. The Labute approximate surface area is 136 Å². The Balaban J connectivity index is 2.45. The Hall–Kier alpha value is -1.27. The van der Waals surface area contributed by atoms with Crippen LogP contribution in [0, 0.1) is 3.57 Å². The molecule has 0 saturated heterocycles. The highest BCUT2D eigenvalue weighted by Crippen LogP contribution is 2.26. The summed E-state index contributed by atoms with van der Waals surface area (Å²) in [7, 11) is 0. The summed E-state index contributed by atoms with van der Waals surface area (Å²) < 4.78 is 0.866. The fraction of sp³-hybridized carbons (Fsp3) is 0.133. The highest BCUT2D eigenvalue weighted by Gasteiger charge is 2.20. The van der Waals surface area contributed by atoms with Crippen LogP contribution in [-0.4, -0.2) is 12.5 Å². The highest BCUT2D eigenvalue weighted by molar-refractivity contribution is 14.1. The van der Waals surface area contributed by atoms with Crippen molar-refractivity contribution in [2.75, 3.05) is 17.2 Å². The molecule has 0 radical (unpaired) electrons. The van der Waals surface area contributed by atoms with Gasteiger partial charge in [0.2, 0.25) is 0 Å². The van der Waals surface area contributed by atoms with E-state index in [-0.39, 0.29) is 5.91 Å². The van der Waals surface area contributed by atoms with Crippen LogP contribution in [0.5, 0.6) is 0 Å². The number of nitrogens with two attached hydrogens (primary N) is 1. The van der Waals surface area contributed by atoms with Crippen LogP contribution in [0.15, 0.2) is 42.5 Å². The molecule has 2 aromatic carbocycles. The minimum atomic E-state index is -0.0997. The number of rotatable bonds is 3. The maximum atomic E-state index is 12.7. The van der Waals surface area contributed by atoms with E-state index in [0.717, 1.165) is 9.26 Å². The first-order valence-electron chi connectivity index (χ1n) is 6.16. The van der Waals surface area contributed by atoms with E-state index in [1.54, 1.807) is 23.1 Å². The van der Waals surface area contributed by atoms with Crippen LogP contribution in [0.2, 0.25) is 5.02 Å². The van der Waals surface area contributed by atoms with Crippen LogP contribution < -0.4 is 10.6 Å². The molecule has 0 aliphatic heterocycles. The van der Waals surface area contributed by atoms with Crippen molar-refractivity contribution in [2.24, 2.45) is 0 Å². The molecule has 20 heavy (non-hydrogen) atoms. The van der Waals surface area contributed by atoms with Gasteiger partial charge < -0.3 is 10.6 Å². The molecule has 2 rings (SSSR count). The van der Waals surface area contributed by atoms with E-state index in [1.807, 2.05) is 31.2 Å². The van der Waals surface area contributed by atoms with Crippen molar-refractivity contribution in [2.45, 2.75) is 6.92 Å². The number of nitrogen functional groups attached to an aromatic ring is 1. The lowest BCUT2D eigenvalue weighted by atomic mass is 10.1. The Kier molecular flexibility index (Phi) is 4.88. The van der Waals surface area contributed by atoms with E-state index < -0.39 is 0 Å². The number of hydrogen-bond acceptors (Lipinski definition) is 2. The molecule has 0 aliphatic rings. The zero-order valence-corrected chi connectivity index (χ0v) is 13.9. The van der Waals surface area contributed by atoms with E-state index in [2.05, 4.69) is 22.6 Å². The van der Waals surface area contributed by atoms with Gasteiger partial charge in [0.15, 0.2) is 0 Å². The topological polar surface area (TPSA) is 46.3 Å². The van der Waals surface area contributed by atoms with Crippen LogP contribution in [0.4, 0.5) is 11.4 Å². The molecule has 5 heteroatoms. The first-order valence-corrected chi connectivity index (χ1v) is 7.61. The third kappa shape index (κ3) is 3.07. The highest BCUT2D eigenvalue weighted by atomic mass is 127. The molecule has 0 spiro atoms. The summed E-state index contributed by atoms with van der Waals surface area (Å²) in [6.45, 7) is 2.46. The molecule has 0 atom stereocenters. The van der Waals surface area contributed by atoms with Crippen molar-refractivity contribution in [1.29, 1.82) is 0 Å². The summed E-state index contributed by atoms with van der Waals surface area (Å²) in [5.41, 5.74) is 7.85. The molecule has 0 unspecified atom stereocenters. The molecule has 0 saturated carbocycles. The summed E-state index contributed by atoms with van der Waals surface area (Å²) in [6.07, 6.45) is 0. The van der Waals surface area contributed by atoms with Crippen LogP contribution in [-0.2, 0) is 0 Å². The molecule has 2 N–H and O–H groups in total. The Morgan fingerprint density at radius 2 is 2.00 bits per heavy atom. The second-order valence-electron chi connectivity index (χ2n) is 4.23. The van der Waals surface area contributed by atoms with Crippen molar-refractivity contribution in [3.05, 3.63) is 56.6 Å². The van der Waals surface area contributed by atoms with Crippen molar-refractivity contribution in [1.82, 2.24) is 0 Å². The molecule has 3 nitrogen and oxygen atoms in total. The first-order chi connectivity index (χ1) is 9.54. The largest absolute Gasteiger partial charge is 0.397 e. The average Bonchev–Trinajstić information content (AvgIpc) is 2.44. The maximum Gasteiger partial charge on any atom is 0.259 e. The number of hydrogen-bond donors (Lipinski definition) is 1. The van der Waals surface area contributed by atoms with Crippen LogP contribution in [0.3, 0.4) is 0 Å². The number of halogens is 2. The van der Waals surface area contributed by atoms with Crippen LogP contribution >= 0.6 is 34.2 Å². The van der Waals surface area contributed by atoms with Gasteiger partial charge >= 0.3 is 0 Å². The van der Waals surface area contributed by atoms with Gasteiger partial charge in [0, 0.05) is 15.1 Å². The Morgan fingerprint density at radius 3 is 2.65 bits per heavy atom. The summed E-state index contributed by atoms with van der Waals surface area (Å²) in [4.78, 5) is 14.4. The number of benzene rings is 2. The van der Waals surface area contributed by atoms with Crippen LogP contribution in [0.25, 0.3) is 0 Å². The first kappa shape index (κ1) is 15.1. The lowest BCUT2D eigenvalue weighted by molar-refractivity contribution is 0.0987. The number of anilines is 2. The number of carbonyl (C=O) groups is 1. The van der Waals surface area contributed by atoms with Gasteiger partial charge in [0.1, 0.15) is 0 Å². The zero-order chi connectivity index (χ0) is 14.7. The molecule has 104 valence electrons. The van der Waals surface area contributed by atoms with E-state index >= 15 is 0 Å². The summed E-state index contributed by atoms with van der Waals surface area (Å²) >= 11 is 8.12. The van der Waals surface area contributed by atoms with E-state index in [9.17, 15) is 4.79 Å². The van der Waals surface area contributed by atoms with Gasteiger partial charge in [0.05, 0.1) is 16.9 Å². The Bertz CT molecular complexity index is 646. The molecule has 0 aromatic heterocycles. The molecule has 0 heterocycles. The minimum absolute atomic E-state index is 0.0997. The molecular weight excluding hydrogens is 387 g/mol. The lowest BCUT2D eigenvalue weighted by Gasteiger charge is -2.23. The molecule has 0 bridgehead atoms. The monoisotopic (exact) mass is 400 g/mol. The Morgan fingerprint density at radius 1 is 1.30 bits per heavy atom. The van der Waals surface area contributed by atoms with Gasteiger partial charge in [-0.15, -0.1) is 0 Å². The molecule has 2 aromatic rings.